The number of nitrogens with one attached hydrogen (secondary N) is 2. The Labute approximate surface area is 148 Å². The summed E-state index contributed by atoms with van der Waals surface area (Å²) in [5.74, 6) is -0.284. The van der Waals surface area contributed by atoms with Crippen LogP contribution in [-0.2, 0) is 14.8 Å². The molecule has 7 nitrogen and oxygen atoms in total. The van der Waals surface area contributed by atoms with Crippen LogP contribution in [0.1, 0.15) is 37.0 Å². The fourth-order valence-corrected chi connectivity index (χ4v) is 4.41. The summed E-state index contributed by atoms with van der Waals surface area (Å²) >= 11 is 0. The fraction of sp³-hybridized carbons (Fsp3) is 0.529. The van der Waals surface area contributed by atoms with Gasteiger partial charge in [-0.15, -0.1) is 0 Å². The second kappa shape index (κ2) is 7.86. The summed E-state index contributed by atoms with van der Waals surface area (Å²) in [5.41, 5.74) is 0.808. The van der Waals surface area contributed by atoms with E-state index in [0.717, 1.165) is 0 Å². The average molecular weight is 367 g/mol. The predicted molar refractivity (Wildman–Crippen MR) is 97.0 cm³/mol. The van der Waals surface area contributed by atoms with Gasteiger partial charge in [-0.3, -0.25) is 13.9 Å². The van der Waals surface area contributed by atoms with Crippen LogP contribution >= 0.6 is 0 Å². The number of amides is 2. The summed E-state index contributed by atoms with van der Waals surface area (Å²) in [6, 6.07) is 5.85. The second-order valence-corrected chi connectivity index (χ2v) is 8.57. The minimum Gasteiger partial charge on any atom is -0.357 e. The van der Waals surface area contributed by atoms with E-state index in [9.17, 15) is 18.0 Å². The van der Waals surface area contributed by atoms with Crippen molar-refractivity contribution in [1.29, 1.82) is 0 Å². The topological polar surface area (TPSA) is 95.6 Å². The maximum Gasteiger partial charge on any atom is 0.252 e. The lowest BCUT2D eigenvalue weighted by atomic mass is 10.0. The molecule has 1 aromatic carbocycles. The van der Waals surface area contributed by atoms with Crippen LogP contribution in [0.3, 0.4) is 0 Å². The summed E-state index contributed by atoms with van der Waals surface area (Å²) in [4.78, 5) is 24.5. The molecule has 0 aliphatic carbocycles. The highest BCUT2D eigenvalue weighted by molar-refractivity contribution is 7.93. The van der Waals surface area contributed by atoms with Crippen molar-refractivity contribution in [3.05, 3.63) is 29.8 Å². The van der Waals surface area contributed by atoms with E-state index < -0.39 is 22.0 Å². The molecule has 0 spiro atoms. The lowest BCUT2D eigenvalue weighted by Gasteiger charge is -2.20. The van der Waals surface area contributed by atoms with Crippen molar-refractivity contribution in [2.45, 2.75) is 32.7 Å². The standard InChI is InChI=1S/C17H25N3O4S/c1-12(2)10-15(17(22)18-3)19-16(21)13-6-4-7-14(11-13)20-8-5-9-25(20,23)24/h4,6-7,11-12,15H,5,8-10H2,1-3H3,(H,18,22)(H,19,21). The number of hydrogen-bond donors (Lipinski definition) is 2. The van der Waals surface area contributed by atoms with Gasteiger partial charge in [0.05, 0.1) is 11.4 Å². The summed E-state index contributed by atoms with van der Waals surface area (Å²) in [6.07, 6.45) is 1.09. The molecule has 1 atom stereocenters. The molecule has 25 heavy (non-hydrogen) atoms. The van der Waals surface area contributed by atoms with E-state index >= 15 is 0 Å². The third kappa shape index (κ3) is 4.72. The molecule has 138 valence electrons. The lowest BCUT2D eigenvalue weighted by molar-refractivity contribution is -0.122. The number of sulfonamides is 1. The molecule has 1 heterocycles. The monoisotopic (exact) mass is 367 g/mol. The largest absolute Gasteiger partial charge is 0.357 e. The van der Waals surface area contributed by atoms with Crippen molar-refractivity contribution in [2.24, 2.45) is 5.92 Å². The molecule has 1 fully saturated rings. The Morgan fingerprint density at radius 1 is 1.28 bits per heavy atom. The van der Waals surface area contributed by atoms with Gasteiger partial charge in [0.25, 0.3) is 5.91 Å². The van der Waals surface area contributed by atoms with E-state index in [0.29, 0.717) is 30.6 Å². The third-order valence-corrected chi connectivity index (χ3v) is 5.94. The zero-order chi connectivity index (χ0) is 18.6. The Morgan fingerprint density at radius 3 is 2.56 bits per heavy atom. The summed E-state index contributed by atoms with van der Waals surface area (Å²) < 4.78 is 25.4. The maximum atomic E-state index is 12.5. The van der Waals surface area contributed by atoms with E-state index in [2.05, 4.69) is 10.6 Å². The molecule has 1 saturated heterocycles. The van der Waals surface area contributed by atoms with Crippen LogP contribution in [0.2, 0.25) is 0 Å². The van der Waals surface area contributed by atoms with Gasteiger partial charge in [-0.25, -0.2) is 8.42 Å². The van der Waals surface area contributed by atoms with Crippen molar-refractivity contribution in [3.63, 3.8) is 0 Å². The van der Waals surface area contributed by atoms with Gasteiger partial charge in [0, 0.05) is 19.2 Å². The van der Waals surface area contributed by atoms with Gasteiger partial charge in [0.2, 0.25) is 15.9 Å². The zero-order valence-corrected chi connectivity index (χ0v) is 15.6. The predicted octanol–water partition coefficient (Wildman–Crippen LogP) is 1.12. The highest BCUT2D eigenvalue weighted by atomic mass is 32.2. The first-order chi connectivity index (χ1) is 11.7. The SMILES string of the molecule is CNC(=O)C(CC(C)C)NC(=O)c1cccc(N2CCCS2(=O)=O)c1. The van der Waals surface area contributed by atoms with Crippen LogP contribution in [-0.4, -0.2) is 45.6 Å². The van der Waals surface area contributed by atoms with Gasteiger partial charge < -0.3 is 10.6 Å². The van der Waals surface area contributed by atoms with Gasteiger partial charge in [0.1, 0.15) is 6.04 Å². The van der Waals surface area contributed by atoms with Gasteiger partial charge in [-0.2, -0.15) is 0 Å². The molecule has 2 rings (SSSR count). The normalized spacial score (nSPS) is 17.4. The minimum atomic E-state index is -3.30. The van der Waals surface area contributed by atoms with Crippen molar-refractivity contribution in [3.8, 4) is 0 Å². The van der Waals surface area contributed by atoms with Crippen LogP contribution in [0.4, 0.5) is 5.69 Å². The molecule has 1 unspecified atom stereocenters. The van der Waals surface area contributed by atoms with Crippen molar-refractivity contribution < 1.29 is 18.0 Å². The quantitative estimate of drug-likeness (QED) is 0.787. The maximum absolute atomic E-state index is 12.5. The number of hydrogen-bond acceptors (Lipinski definition) is 4. The fourth-order valence-electron chi connectivity index (χ4n) is 2.85. The van der Waals surface area contributed by atoms with Crippen molar-refractivity contribution in [1.82, 2.24) is 10.6 Å². The number of carbonyl (C=O) groups is 2. The summed E-state index contributed by atoms with van der Waals surface area (Å²) in [6.45, 7) is 4.36. The Hall–Kier alpha value is -2.09. The van der Waals surface area contributed by atoms with Gasteiger partial charge in [0.15, 0.2) is 0 Å². The molecule has 0 radical (unpaired) electrons. The summed E-state index contributed by atoms with van der Waals surface area (Å²) in [5, 5.41) is 5.29. The number of nitrogens with zero attached hydrogens (tertiary/aromatic N) is 1. The summed E-state index contributed by atoms with van der Waals surface area (Å²) in [7, 11) is -1.77. The van der Waals surface area contributed by atoms with Crippen LogP contribution in [0.25, 0.3) is 0 Å². The molecule has 0 bridgehead atoms. The van der Waals surface area contributed by atoms with Crippen molar-refractivity contribution in [2.75, 3.05) is 23.7 Å². The molecule has 1 aliphatic heterocycles. The van der Waals surface area contributed by atoms with Crippen LogP contribution in [0, 0.1) is 5.92 Å². The number of benzene rings is 1. The third-order valence-electron chi connectivity index (χ3n) is 4.07. The number of anilines is 1. The highest BCUT2D eigenvalue weighted by Crippen LogP contribution is 2.24. The number of rotatable bonds is 6. The molecule has 2 N–H and O–H groups in total. The first kappa shape index (κ1) is 19.2. The Bertz CT molecular complexity index is 746. The molecular weight excluding hydrogens is 342 g/mol. The van der Waals surface area contributed by atoms with Crippen LogP contribution < -0.4 is 14.9 Å². The van der Waals surface area contributed by atoms with Gasteiger partial charge in [-0.1, -0.05) is 19.9 Å². The molecule has 8 heteroatoms. The number of carbonyl (C=O) groups excluding carboxylic acids is 2. The Morgan fingerprint density at radius 2 is 2.00 bits per heavy atom. The number of likely N-dealkylation sites (N-methyl/N-ethyl adjacent to an activating group) is 1. The molecule has 1 aliphatic rings. The zero-order valence-electron chi connectivity index (χ0n) is 14.8. The van der Waals surface area contributed by atoms with Crippen LogP contribution in [0.15, 0.2) is 24.3 Å². The van der Waals surface area contributed by atoms with E-state index in [1.165, 1.54) is 11.4 Å². The molecule has 1 aromatic rings. The van der Waals surface area contributed by atoms with Gasteiger partial charge >= 0.3 is 0 Å². The average Bonchev–Trinajstić information content (AvgIpc) is 2.92. The Balaban J connectivity index is 2.19. The van der Waals surface area contributed by atoms with Gasteiger partial charge in [-0.05, 0) is 37.0 Å². The Kier molecular flexibility index (Phi) is 6.05. The van der Waals surface area contributed by atoms with Crippen molar-refractivity contribution >= 4 is 27.5 Å². The van der Waals surface area contributed by atoms with E-state index in [-0.39, 0.29) is 17.6 Å². The second-order valence-electron chi connectivity index (χ2n) is 6.56. The van der Waals surface area contributed by atoms with E-state index in [1.807, 2.05) is 13.8 Å². The minimum absolute atomic E-state index is 0.122. The first-order valence-corrected chi connectivity index (χ1v) is 9.98. The molecular formula is C17H25N3O4S. The van der Waals surface area contributed by atoms with E-state index in [4.69, 9.17) is 0 Å². The molecule has 2 amide bonds. The lowest BCUT2D eigenvalue weighted by Crippen LogP contribution is -2.46. The smallest absolute Gasteiger partial charge is 0.252 e. The molecule has 0 aromatic heterocycles. The molecule has 0 saturated carbocycles. The first-order valence-electron chi connectivity index (χ1n) is 8.37. The van der Waals surface area contributed by atoms with E-state index in [1.54, 1.807) is 24.3 Å². The van der Waals surface area contributed by atoms with Crippen LogP contribution in [0.5, 0.6) is 0 Å². The highest BCUT2D eigenvalue weighted by Gasteiger charge is 2.29.